The lowest BCUT2D eigenvalue weighted by Crippen LogP contribution is -1.87. The Balaban J connectivity index is 2.00. The molecule has 0 aliphatic heterocycles. The summed E-state index contributed by atoms with van der Waals surface area (Å²) in [5, 5.41) is 0. The van der Waals surface area contributed by atoms with Crippen molar-refractivity contribution in [3.8, 4) is 12.3 Å². The Labute approximate surface area is 150 Å². The molecular weight excluding hydrogens is 288 g/mol. The molecule has 2 atom stereocenters. The van der Waals surface area contributed by atoms with Crippen LogP contribution in [0.5, 0.6) is 0 Å². The number of hydrogen-bond acceptors (Lipinski definition) is 0. The molecule has 0 aromatic rings. The van der Waals surface area contributed by atoms with E-state index in [0.717, 1.165) is 24.7 Å². The highest BCUT2D eigenvalue weighted by Gasteiger charge is 2.37. The number of hydrogen-bond donors (Lipinski definition) is 0. The van der Waals surface area contributed by atoms with Crippen LogP contribution in [0.3, 0.4) is 0 Å². The third-order valence-electron chi connectivity index (χ3n) is 4.84. The van der Waals surface area contributed by atoms with Crippen molar-refractivity contribution in [3.63, 3.8) is 0 Å². The average molecular weight is 325 g/mol. The Bertz CT molecular complexity index is 465. The Hall–Kier alpha value is -1.44. The van der Waals surface area contributed by atoms with Gasteiger partial charge in [-0.25, -0.2) is 0 Å². The number of rotatable bonds is 14. The number of unbranched alkanes of at least 4 members (excludes halogenated alkanes) is 7. The predicted octanol–water partition coefficient (Wildman–Crippen LogP) is 7.39. The minimum Gasteiger partial charge on any atom is -0.129 e. The average Bonchev–Trinajstić information content (AvgIpc) is 3.36. The first kappa shape index (κ1) is 20.6. The molecule has 0 N–H and O–H groups in total. The van der Waals surface area contributed by atoms with Crippen molar-refractivity contribution in [1.82, 2.24) is 0 Å². The molecule has 24 heavy (non-hydrogen) atoms. The first-order valence-electron chi connectivity index (χ1n) is 9.97. The maximum atomic E-state index is 5.18. The van der Waals surface area contributed by atoms with E-state index in [2.05, 4.69) is 43.4 Å². The van der Waals surface area contributed by atoms with E-state index in [1.165, 1.54) is 63.4 Å². The molecule has 1 aliphatic rings. The number of allylic oxidation sites excluding steroid dienone is 4. The molecule has 0 heterocycles. The SMILES string of the molecule is C#CCC=C=CCCC=CC(=C)C1CC1CCCCCCCCC. The first-order valence-corrected chi connectivity index (χ1v) is 9.97. The first-order chi connectivity index (χ1) is 11.8. The lowest BCUT2D eigenvalue weighted by atomic mass is 10.0. The minimum absolute atomic E-state index is 0.672. The molecule has 2 unspecified atom stereocenters. The van der Waals surface area contributed by atoms with Gasteiger partial charge in [-0.3, -0.25) is 0 Å². The molecule has 0 saturated heterocycles. The van der Waals surface area contributed by atoms with Gasteiger partial charge in [-0.15, -0.1) is 18.1 Å². The second-order valence-electron chi connectivity index (χ2n) is 7.05. The summed E-state index contributed by atoms with van der Waals surface area (Å²) in [5.41, 5.74) is 4.45. The smallest absolute Gasteiger partial charge is 0.0342 e. The van der Waals surface area contributed by atoms with E-state index in [1.54, 1.807) is 0 Å². The molecule has 0 spiro atoms. The van der Waals surface area contributed by atoms with E-state index in [1.807, 2.05) is 6.08 Å². The van der Waals surface area contributed by atoms with Crippen LogP contribution in [0.25, 0.3) is 0 Å². The molecule has 0 amide bonds. The topological polar surface area (TPSA) is 0 Å². The zero-order valence-corrected chi connectivity index (χ0v) is 15.7. The van der Waals surface area contributed by atoms with Crippen molar-refractivity contribution in [2.75, 3.05) is 0 Å². The molecule has 1 aliphatic carbocycles. The molecular formula is C24H36. The summed E-state index contributed by atoms with van der Waals surface area (Å²) in [4.78, 5) is 0. The van der Waals surface area contributed by atoms with Crippen LogP contribution >= 0.6 is 0 Å². The molecule has 0 bridgehead atoms. The maximum absolute atomic E-state index is 5.18. The second kappa shape index (κ2) is 13.9. The van der Waals surface area contributed by atoms with Gasteiger partial charge in [0, 0.05) is 6.42 Å². The summed E-state index contributed by atoms with van der Waals surface area (Å²) in [6.07, 6.45) is 29.1. The molecule has 0 heteroatoms. The fraction of sp³-hybridized carbons (Fsp3) is 0.625. The van der Waals surface area contributed by atoms with Crippen molar-refractivity contribution in [2.24, 2.45) is 11.8 Å². The third-order valence-corrected chi connectivity index (χ3v) is 4.84. The monoisotopic (exact) mass is 324 g/mol. The summed E-state index contributed by atoms with van der Waals surface area (Å²) in [7, 11) is 0. The van der Waals surface area contributed by atoms with Crippen LogP contribution in [-0.4, -0.2) is 0 Å². The van der Waals surface area contributed by atoms with Crippen LogP contribution in [0.1, 0.15) is 84.0 Å². The normalized spacial score (nSPS) is 18.8. The van der Waals surface area contributed by atoms with E-state index in [0.29, 0.717) is 6.42 Å². The van der Waals surface area contributed by atoms with Gasteiger partial charge in [0.05, 0.1) is 0 Å². The highest BCUT2D eigenvalue weighted by molar-refractivity contribution is 5.24. The fourth-order valence-corrected chi connectivity index (χ4v) is 3.21. The zero-order chi connectivity index (χ0) is 17.5. The van der Waals surface area contributed by atoms with Crippen molar-refractivity contribution in [3.05, 3.63) is 42.2 Å². The van der Waals surface area contributed by atoms with Gasteiger partial charge in [0.25, 0.3) is 0 Å². The van der Waals surface area contributed by atoms with Crippen molar-refractivity contribution >= 4 is 0 Å². The van der Waals surface area contributed by atoms with Gasteiger partial charge in [0.15, 0.2) is 0 Å². The maximum Gasteiger partial charge on any atom is 0.0342 e. The largest absolute Gasteiger partial charge is 0.129 e. The Morgan fingerprint density at radius 1 is 1.08 bits per heavy atom. The fourth-order valence-electron chi connectivity index (χ4n) is 3.21. The van der Waals surface area contributed by atoms with Crippen LogP contribution in [0.15, 0.2) is 42.2 Å². The van der Waals surface area contributed by atoms with Crippen molar-refractivity contribution < 1.29 is 0 Å². The molecule has 132 valence electrons. The van der Waals surface area contributed by atoms with Gasteiger partial charge in [0.2, 0.25) is 0 Å². The van der Waals surface area contributed by atoms with Gasteiger partial charge in [-0.2, -0.15) is 0 Å². The third kappa shape index (κ3) is 10.4. The molecule has 0 aromatic heterocycles. The summed E-state index contributed by atoms with van der Waals surface area (Å²) in [6, 6.07) is 0. The van der Waals surface area contributed by atoms with E-state index in [-0.39, 0.29) is 0 Å². The lowest BCUT2D eigenvalue weighted by Gasteiger charge is -2.02. The standard InChI is InChI=1S/C24H36/c1-4-6-8-10-12-14-15-17-19-22(3)24-21-23(24)20-18-16-13-11-9-7-5-2/h1,8,12,17,19,23-24H,3,5-7,9,11,13-16,18,20-21H2,2H3. The predicted molar refractivity (Wildman–Crippen MR) is 108 cm³/mol. The highest BCUT2D eigenvalue weighted by Crippen LogP contribution is 2.47. The van der Waals surface area contributed by atoms with Gasteiger partial charge in [-0.1, -0.05) is 76.2 Å². The van der Waals surface area contributed by atoms with E-state index < -0.39 is 0 Å². The summed E-state index contributed by atoms with van der Waals surface area (Å²) >= 11 is 0. The Kier molecular flexibility index (Phi) is 12.0. The van der Waals surface area contributed by atoms with E-state index >= 15 is 0 Å². The summed E-state index contributed by atoms with van der Waals surface area (Å²) < 4.78 is 0. The molecule has 1 saturated carbocycles. The number of terminal acetylenes is 1. The molecule has 1 rings (SSSR count). The van der Waals surface area contributed by atoms with Crippen molar-refractivity contribution in [2.45, 2.75) is 84.0 Å². The van der Waals surface area contributed by atoms with Crippen molar-refractivity contribution in [1.29, 1.82) is 0 Å². The summed E-state index contributed by atoms with van der Waals surface area (Å²) in [6.45, 7) is 6.54. The van der Waals surface area contributed by atoms with E-state index in [4.69, 9.17) is 6.42 Å². The van der Waals surface area contributed by atoms with Crippen LogP contribution < -0.4 is 0 Å². The Morgan fingerprint density at radius 2 is 1.83 bits per heavy atom. The molecule has 0 nitrogen and oxygen atoms in total. The molecule has 1 fully saturated rings. The second-order valence-corrected chi connectivity index (χ2v) is 7.05. The van der Waals surface area contributed by atoms with Gasteiger partial charge < -0.3 is 0 Å². The quantitative estimate of drug-likeness (QED) is 0.135. The summed E-state index contributed by atoms with van der Waals surface area (Å²) in [5.74, 6) is 4.27. The molecule has 0 radical (unpaired) electrons. The van der Waals surface area contributed by atoms with Crippen LogP contribution in [-0.2, 0) is 0 Å². The zero-order valence-electron chi connectivity index (χ0n) is 15.7. The lowest BCUT2D eigenvalue weighted by molar-refractivity contribution is 0.551. The minimum atomic E-state index is 0.672. The van der Waals surface area contributed by atoms with Crippen LogP contribution in [0.2, 0.25) is 0 Å². The Morgan fingerprint density at radius 3 is 2.58 bits per heavy atom. The molecule has 0 aromatic carbocycles. The van der Waals surface area contributed by atoms with Gasteiger partial charge >= 0.3 is 0 Å². The van der Waals surface area contributed by atoms with E-state index in [9.17, 15) is 0 Å². The van der Waals surface area contributed by atoms with Gasteiger partial charge in [0.1, 0.15) is 0 Å². The van der Waals surface area contributed by atoms with Gasteiger partial charge in [-0.05, 0) is 49.7 Å². The van der Waals surface area contributed by atoms with Crippen LogP contribution in [0.4, 0.5) is 0 Å². The van der Waals surface area contributed by atoms with Crippen LogP contribution in [0, 0.1) is 24.2 Å². The highest BCUT2D eigenvalue weighted by atomic mass is 14.4.